The van der Waals surface area contributed by atoms with Gasteiger partial charge in [-0.1, -0.05) is 18.2 Å². The van der Waals surface area contributed by atoms with Gasteiger partial charge in [-0.3, -0.25) is 10.1 Å². The molecule has 1 aliphatic rings. The van der Waals surface area contributed by atoms with Crippen LogP contribution < -0.4 is 5.32 Å². The van der Waals surface area contributed by atoms with Crippen LogP contribution in [0.4, 0.5) is 5.69 Å². The van der Waals surface area contributed by atoms with E-state index < -0.39 is 0 Å². The number of likely N-dealkylation sites (N-methyl/N-ethyl adjacent to an activating group) is 1. The molecular weight excluding hydrogens is 218 g/mol. The zero-order chi connectivity index (χ0) is 12.3. The maximum absolute atomic E-state index is 10.9. The van der Waals surface area contributed by atoms with E-state index >= 15 is 0 Å². The molecule has 0 aromatic heterocycles. The van der Waals surface area contributed by atoms with Gasteiger partial charge in [0.1, 0.15) is 0 Å². The summed E-state index contributed by atoms with van der Waals surface area (Å²) in [5.74, 6) is 0. The summed E-state index contributed by atoms with van der Waals surface area (Å²) < 4.78 is 0. The fourth-order valence-electron chi connectivity index (χ4n) is 2.21. The van der Waals surface area contributed by atoms with E-state index in [4.69, 9.17) is 0 Å². The first-order valence-electron chi connectivity index (χ1n) is 5.81. The fraction of sp³-hybridized carbons (Fsp3) is 0.500. The first kappa shape index (κ1) is 12.0. The minimum atomic E-state index is -0.300. The summed E-state index contributed by atoms with van der Waals surface area (Å²) in [6.45, 7) is 2.87. The number of hydrogen-bond acceptors (Lipinski definition) is 4. The Labute approximate surface area is 101 Å². The van der Waals surface area contributed by atoms with Crippen molar-refractivity contribution in [2.24, 2.45) is 0 Å². The lowest BCUT2D eigenvalue weighted by atomic mass is 10.0. The smallest absolute Gasteiger partial charge is 0.272 e. The Morgan fingerprint density at radius 2 is 2.29 bits per heavy atom. The number of nitrogens with one attached hydrogen (secondary N) is 1. The molecule has 0 spiro atoms. The molecular formula is C12H17N3O2. The molecule has 0 bridgehead atoms. The van der Waals surface area contributed by atoms with E-state index in [-0.39, 0.29) is 10.6 Å². The van der Waals surface area contributed by atoms with Gasteiger partial charge in [-0.15, -0.1) is 0 Å². The van der Waals surface area contributed by atoms with Crippen molar-refractivity contribution in [3.63, 3.8) is 0 Å². The van der Waals surface area contributed by atoms with Crippen LogP contribution >= 0.6 is 0 Å². The fourth-order valence-corrected chi connectivity index (χ4v) is 2.21. The number of nitro groups is 1. The van der Waals surface area contributed by atoms with Crippen molar-refractivity contribution in [2.75, 3.05) is 26.7 Å². The zero-order valence-electron chi connectivity index (χ0n) is 9.93. The molecule has 5 nitrogen and oxygen atoms in total. The lowest BCUT2D eigenvalue weighted by Gasteiger charge is -2.33. The third kappa shape index (κ3) is 2.81. The number of piperazine rings is 1. The van der Waals surface area contributed by atoms with Crippen molar-refractivity contribution in [3.05, 3.63) is 39.9 Å². The molecule has 1 N–H and O–H groups in total. The van der Waals surface area contributed by atoms with Crippen LogP contribution in [0.15, 0.2) is 24.3 Å². The van der Waals surface area contributed by atoms with E-state index in [2.05, 4.69) is 17.3 Å². The monoisotopic (exact) mass is 235 g/mol. The average Bonchev–Trinajstić information content (AvgIpc) is 2.32. The van der Waals surface area contributed by atoms with Crippen LogP contribution in [0.2, 0.25) is 0 Å². The van der Waals surface area contributed by atoms with E-state index in [0.29, 0.717) is 6.04 Å². The van der Waals surface area contributed by atoms with Gasteiger partial charge in [-0.25, -0.2) is 0 Å². The summed E-state index contributed by atoms with van der Waals surface area (Å²) in [7, 11) is 2.07. The van der Waals surface area contributed by atoms with Gasteiger partial charge < -0.3 is 10.2 Å². The lowest BCUT2D eigenvalue weighted by Crippen LogP contribution is -2.50. The van der Waals surface area contributed by atoms with Crippen molar-refractivity contribution in [2.45, 2.75) is 12.5 Å². The highest BCUT2D eigenvalue weighted by molar-refractivity contribution is 5.40. The van der Waals surface area contributed by atoms with Crippen molar-refractivity contribution in [1.29, 1.82) is 0 Å². The van der Waals surface area contributed by atoms with E-state index in [0.717, 1.165) is 31.6 Å². The predicted octanol–water partition coefficient (Wildman–Crippen LogP) is 1.04. The molecule has 1 heterocycles. The van der Waals surface area contributed by atoms with E-state index in [1.165, 1.54) is 0 Å². The Kier molecular flexibility index (Phi) is 3.71. The molecule has 1 atom stereocenters. The van der Waals surface area contributed by atoms with Crippen molar-refractivity contribution in [1.82, 2.24) is 10.2 Å². The number of rotatable bonds is 3. The number of benzene rings is 1. The SMILES string of the molecule is CN1CCNCC1Cc1ccccc1[N+](=O)[O-]. The maximum Gasteiger partial charge on any atom is 0.272 e. The third-order valence-corrected chi connectivity index (χ3v) is 3.29. The predicted molar refractivity (Wildman–Crippen MR) is 66.1 cm³/mol. The van der Waals surface area contributed by atoms with E-state index in [1.807, 2.05) is 12.1 Å². The van der Waals surface area contributed by atoms with Gasteiger partial charge in [0.25, 0.3) is 5.69 Å². The molecule has 17 heavy (non-hydrogen) atoms. The van der Waals surface area contributed by atoms with Crippen LogP contribution in [0.25, 0.3) is 0 Å². The van der Waals surface area contributed by atoms with Crippen molar-refractivity contribution < 1.29 is 4.92 Å². The second-order valence-electron chi connectivity index (χ2n) is 4.43. The van der Waals surface area contributed by atoms with Gasteiger partial charge in [-0.2, -0.15) is 0 Å². The summed E-state index contributed by atoms with van der Waals surface area (Å²) in [4.78, 5) is 12.9. The van der Waals surface area contributed by atoms with Gasteiger partial charge in [0, 0.05) is 37.3 Å². The Bertz CT molecular complexity index is 408. The largest absolute Gasteiger partial charge is 0.314 e. The highest BCUT2D eigenvalue weighted by Gasteiger charge is 2.22. The van der Waals surface area contributed by atoms with Crippen LogP contribution in [0.5, 0.6) is 0 Å². The van der Waals surface area contributed by atoms with Gasteiger partial charge in [0.05, 0.1) is 4.92 Å². The van der Waals surface area contributed by atoms with Gasteiger partial charge >= 0.3 is 0 Å². The minimum Gasteiger partial charge on any atom is -0.314 e. The summed E-state index contributed by atoms with van der Waals surface area (Å²) in [6.07, 6.45) is 0.723. The molecule has 1 fully saturated rings. The molecule has 1 aromatic carbocycles. The standard InChI is InChI=1S/C12H17N3O2/c1-14-7-6-13-9-11(14)8-10-4-2-3-5-12(10)15(16)17/h2-5,11,13H,6-9H2,1H3. The maximum atomic E-state index is 10.9. The molecule has 0 saturated carbocycles. The molecule has 2 rings (SSSR count). The zero-order valence-corrected chi connectivity index (χ0v) is 9.93. The summed E-state index contributed by atoms with van der Waals surface area (Å²) >= 11 is 0. The highest BCUT2D eigenvalue weighted by Crippen LogP contribution is 2.20. The van der Waals surface area contributed by atoms with E-state index in [9.17, 15) is 10.1 Å². The third-order valence-electron chi connectivity index (χ3n) is 3.29. The number of para-hydroxylation sites is 1. The second-order valence-corrected chi connectivity index (χ2v) is 4.43. The average molecular weight is 235 g/mol. The minimum absolute atomic E-state index is 0.228. The Morgan fingerprint density at radius 3 is 3.00 bits per heavy atom. The van der Waals surface area contributed by atoms with Crippen molar-refractivity contribution in [3.8, 4) is 0 Å². The quantitative estimate of drug-likeness (QED) is 0.628. The van der Waals surface area contributed by atoms with Crippen LogP contribution in [-0.4, -0.2) is 42.5 Å². The number of hydrogen-bond donors (Lipinski definition) is 1. The Morgan fingerprint density at radius 1 is 1.53 bits per heavy atom. The molecule has 1 aliphatic heterocycles. The molecule has 1 unspecified atom stereocenters. The number of nitrogens with zero attached hydrogens (tertiary/aromatic N) is 2. The molecule has 0 amide bonds. The first-order chi connectivity index (χ1) is 8.18. The highest BCUT2D eigenvalue weighted by atomic mass is 16.6. The first-order valence-corrected chi connectivity index (χ1v) is 5.81. The topological polar surface area (TPSA) is 58.4 Å². The lowest BCUT2D eigenvalue weighted by molar-refractivity contribution is -0.385. The van der Waals surface area contributed by atoms with Crippen LogP contribution in [0.1, 0.15) is 5.56 Å². The summed E-state index contributed by atoms with van der Waals surface area (Å²) in [5.41, 5.74) is 1.05. The summed E-state index contributed by atoms with van der Waals surface area (Å²) in [6, 6.07) is 7.33. The van der Waals surface area contributed by atoms with Crippen LogP contribution in [0.3, 0.4) is 0 Å². The molecule has 1 saturated heterocycles. The van der Waals surface area contributed by atoms with Gasteiger partial charge in [-0.05, 0) is 13.5 Å². The number of nitro benzene ring substituents is 1. The Balaban J connectivity index is 2.14. The van der Waals surface area contributed by atoms with Gasteiger partial charge in [0.15, 0.2) is 0 Å². The second kappa shape index (κ2) is 5.25. The van der Waals surface area contributed by atoms with Crippen LogP contribution in [-0.2, 0) is 6.42 Å². The molecule has 5 heteroatoms. The Hall–Kier alpha value is -1.46. The molecule has 92 valence electrons. The molecule has 1 aromatic rings. The summed E-state index contributed by atoms with van der Waals surface area (Å²) in [5, 5.41) is 14.2. The molecule has 0 aliphatic carbocycles. The van der Waals surface area contributed by atoms with Crippen molar-refractivity contribution >= 4 is 5.69 Å². The van der Waals surface area contributed by atoms with Gasteiger partial charge in [0.2, 0.25) is 0 Å². The van der Waals surface area contributed by atoms with E-state index in [1.54, 1.807) is 12.1 Å². The normalized spacial score (nSPS) is 21.4. The van der Waals surface area contributed by atoms with Crippen LogP contribution in [0, 0.1) is 10.1 Å². The molecule has 0 radical (unpaired) electrons.